The van der Waals surface area contributed by atoms with Crippen molar-refractivity contribution in [1.29, 1.82) is 0 Å². The molecule has 1 saturated carbocycles. The first-order chi connectivity index (χ1) is 9.33. The van der Waals surface area contributed by atoms with Crippen LogP contribution in [0.3, 0.4) is 0 Å². The Balaban J connectivity index is 0. The second-order valence-electron chi connectivity index (χ2n) is 5.89. The van der Waals surface area contributed by atoms with Crippen molar-refractivity contribution >= 4 is 0 Å². The van der Waals surface area contributed by atoms with Crippen LogP contribution in [0.15, 0.2) is 0 Å². The maximum Gasteiger partial charge on any atom is -0.0533 e. The first kappa shape index (κ1) is 21.3. The van der Waals surface area contributed by atoms with E-state index in [1.54, 1.807) is 0 Å². The first-order valence-corrected chi connectivity index (χ1v) is 9.33. The lowest BCUT2D eigenvalue weighted by atomic mass is 10.0. The molecule has 0 aromatic carbocycles. The average Bonchev–Trinajstić information content (AvgIpc) is 2.49. The molecule has 0 unspecified atom stereocenters. The summed E-state index contributed by atoms with van der Waals surface area (Å²) in [5.41, 5.74) is 0. The summed E-state index contributed by atoms with van der Waals surface area (Å²) >= 11 is 0. The van der Waals surface area contributed by atoms with Gasteiger partial charge in [0.1, 0.15) is 0 Å². The molecule has 0 saturated heterocycles. The van der Waals surface area contributed by atoms with Crippen LogP contribution in [0.2, 0.25) is 0 Å². The predicted molar refractivity (Wildman–Crippen MR) is 92.0 cm³/mol. The summed E-state index contributed by atoms with van der Waals surface area (Å²) in [6.07, 6.45) is 21.5. The monoisotopic (exact) mass is 270 g/mol. The van der Waals surface area contributed by atoms with Gasteiger partial charge in [0.2, 0.25) is 0 Å². The average molecular weight is 271 g/mol. The molecule has 0 heteroatoms. The quantitative estimate of drug-likeness (QED) is 0.412. The Morgan fingerprint density at radius 2 is 0.579 bits per heavy atom. The Labute approximate surface area is 124 Å². The fraction of sp³-hybridized carbons (Fsp3) is 1.00. The summed E-state index contributed by atoms with van der Waals surface area (Å²) in [7, 11) is 0. The molecule has 0 spiro atoms. The van der Waals surface area contributed by atoms with E-state index in [0.29, 0.717) is 0 Å². The Morgan fingerprint density at radius 3 is 0.789 bits per heavy atom. The number of hydrogen-bond donors (Lipinski definition) is 0. The molecule has 1 aliphatic rings. The highest BCUT2D eigenvalue weighted by Crippen LogP contribution is 2.15. The molecular formula is C19H42. The molecule has 1 rings (SSSR count). The summed E-state index contributed by atoms with van der Waals surface area (Å²) in [4.78, 5) is 0. The van der Waals surface area contributed by atoms with E-state index in [-0.39, 0.29) is 0 Å². The van der Waals surface area contributed by atoms with Crippen molar-refractivity contribution in [2.24, 2.45) is 0 Å². The normalized spacial score (nSPS) is 13.9. The molecule has 1 aliphatic carbocycles. The minimum atomic E-state index is 1.36. The van der Waals surface area contributed by atoms with Crippen molar-refractivity contribution in [2.45, 2.75) is 124 Å². The molecule has 0 heterocycles. The largest absolute Gasteiger partial charge is 0.0654 e. The van der Waals surface area contributed by atoms with Crippen molar-refractivity contribution < 1.29 is 0 Å². The van der Waals surface area contributed by atoms with E-state index in [9.17, 15) is 0 Å². The summed E-state index contributed by atoms with van der Waals surface area (Å²) in [5, 5.41) is 0. The van der Waals surface area contributed by atoms with Gasteiger partial charge < -0.3 is 0 Å². The van der Waals surface area contributed by atoms with Crippen LogP contribution < -0.4 is 0 Å². The number of unbranched alkanes of at least 4 members (excludes halogenated alkanes) is 7. The number of rotatable bonds is 7. The Hall–Kier alpha value is 0. The zero-order valence-electron chi connectivity index (χ0n) is 14.6. The van der Waals surface area contributed by atoms with E-state index in [4.69, 9.17) is 0 Å². The van der Waals surface area contributed by atoms with Crippen LogP contribution in [0.25, 0.3) is 0 Å². The number of hydrogen-bond acceptors (Lipinski definition) is 0. The van der Waals surface area contributed by atoms with Gasteiger partial charge in [-0.3, -0.25) is 0 Å². The highest BCUT2D eigenvalue weighted by Gasteiger charge is 1.95. The molecule has 0 aromatic rings. The van der Waals surface area contributed by atoms with E-state index in [1.807, 2.05) is 0 Å². The fourth-order valence-corrected chi connectivity index (χ4v) is 2.24. The Bertz CT molecular complexity index is 93.7. The highest BCUT2D eigenvalue weighted by atomic mass is 14.0. The summed E-state index contributed by atoms with van der Waals surface area (Å²) in [5.74, 6) is 0. The van der Waals surface area contributed by atoms with Crippen LogP contribution in [-0.2, 0) is 0 Å². The summed E-state index contributed by atoms with van der Waals surface area (Å²) in [6.45, 7) is 8.95. The maximum absolute atomic E-state index is 2.25. The standard InChI is InChI=1S/C7H16.C6H12.C6H14/c1-3-5-7-6-4-2;1-2-4-6-5-3-1;1-3-5-6-4-2/h3-7H2,1-2H3;1-6H2;3-6H2,1-2H3. The second kappa shape index (κ2) is 23.1. The predicted octanol–water partition coefficient (Wildman–Crippen LogP) is 7.90. The van der Waals surface area contributed by atoms with Gasteiger partial charge in [0.05, 0.1) is 0 Å². The van der Waals surface area contributed by atoms with Crippen molar-refractivity contribution in [3.05, 3.63) is 0 Å². The van der Waals surface area contributed by atoms with E-state index in [1.165, 1.54) is 96.3 Å². The molecule has 118 valence electrons. The molecule has 0 aliphatic heterocycles. The van der Waals surface area contributed by atoms with Crippen molar-refractivity contribution in [1.82, 2.24) is 0 Å². The third kappa shape index (κ3) is 27.3. The van der Waals surface area contributed by atoms with Gasteiger partial charge in [-0.2, -0.15) is 0 Å². The van der Waals surface area contributed by atoms with Crippen LogP contribution in [0.1, 0.15) is 124 Å². The fourth-order valence-electron chi connectivity index (χ4n) is 2.24. The van der Waals surface area contributed by atoms with Crippen LogP contribution >= 0.6 is 0 Å². The smallest absolute Gasteiger partial charge is 0.0533 e. The lowest BCUT2D eigenvalue weighted by Gasteiger charge is -2.05. The Kier molecular flexibility index (Phi) is 25.9. The zero-order chi connectivity index (χ0) is 14.6. The Morgan fingerprint density at radius 1 is 0.368 bits per heavy atom. The van der Waals surface area contributed by atoms with Gasteiger partial charge in [-0.15, -0.1) is 0 Å². The summed E-state index contributed by atoms with van der Waals surface area (Å²) in [6, 6.07) is 0. The van der Waals surface area contributed by atoms with Crippen LogP contribution in [0.5, 0.6) is 0 Å². The molecule has 0 bridgehead atoms. The van der Waals surface area contributed by atoms with E-state index in [0.717, 1.165) is 0 Å². The van der Waals surface area contributed by atoms with Crippen LogP contribution in [-0.4, -0.2) is 0 Å². The third-order valence-corrected chi connectivity index (χ3v) is 3.66. The van der Waals surface area contributed by atoms with Gasteiger partial charge in [-0.05, 0) is 0 Å². The molecule has 1 fully saturated rings. The topological polar surface area (TPSA) is 0 Å². The lowest BCUT2D eigenvalue weighted by molar-refractivity contribution is 0.504. The molecule has 19 heavy (non-hydrogen) atoms. The van der Waals surface area contributed by atoms with Gasteiger partial charge in [0, 0.05) is 0 Å². The van der Waals surface area contributed by atoms with Crippen LogP contribution in [0, 0.1) is 0 Å². The van der Waals surface area contributed by atoms with Gasteiger partial charge in [0.25, 0.3) is 0 Å². The summed E-state index contributed by atoms with van der Waals surface area (Å²) < 4.78 is 0. The molecule has 0 radical (unpaired) electrons. The molecule has 0 atom stereocenters. The van der Waals surface area contributed by atoms with Crippen molar-refractivity contribution in [3.8, 4) is 0 Å². The molecule has 0 N–H and O–H groups in total. The molecule has 0 aromatic heterocycles. The third-order valence-electron chi connectivity index (χ3n) is 3.66. The lowest BCUT2D eigenvalue weighted by Crippen LogP contribution is -1.85. The van der Waals surface area contributed by atoms with Gasteiger partial charge in [-0.1, -0.05) is 124 Å². The second-order valence-corrected chi connectivity index (χ2v) is 5.89. The van der Waals surface area contributed by atoms with E-state index < -0.39 is 0 Å². The molecule has 0 amide bonds. The SMILES string of the molecule is C1CCCCC1.CCCCCC.CCCCCCC. The van der Waals surface area contributed by atoms with Crippen LogP contribution in [0.4, 0.5) is 0 Å². The van der Waals surface area contributed by atoms with E-state index in [2.05, 4.69) is 27.7 Å². The van der Waals surface area contributed by atoms with Gasteiger partial charge >= 0.3 is 0 Å². The zero-order valence-corrected chi connectivity index (χ0v) is 14.6. The van der Waals surface area contributed by atoms with Gasteiger partial charge in [0.15, 0.2) is 0 Å². The first-order valence-electron chi connectivity index (χ1n) is 9.33. The van der Waals surface area contributed by atoms with Crippen molar-refractivity contribution in [3.63, 3.8) is 0 Å². The van der Waals surface area contributed by atoms with Gasteiger partial charge in [-0.25, -0.2) is 0 Å². The maximum atomic E-state index is 2.25. The minimum absolute atomic E-state index is 1.36. The minimum Gasteiger partial charge on any atom is -0.0654 e. The molecule has 0 nitrogen and oxygen atoms in total. The van der Waals surface area contributed by atoms with E-state index >= 15 is 0 Å². The van der Waals surface area contributed by atoms with Crippen molar-refractivity contribution in [2.75, 3.05) is 0 Å². The highest BCUT2D eigenvalue weighted by molar-refractivity contribution is 4.51. The molecular weight excluding hydrogens is 228 g/mol.